The standard InChI is InChI=1S/C23H20N4O3/c1-15(17-7-8-20-21(10-17)30-14-29-20)26-23(28)19-9-18-12-25-27(22(18)24-11-19)13-16-5-3-2-4-6-16/h2-12,15H,13-14H2,1H3,(H,26,28)/t15-/m1/s1. The van der Waals surface area contributed by atoms with Crippen LogP contribution in [0, 0.1) is 0 Å². The molecule has 0 saturated heterocycles. The number of hydrogen-bond donors (Lipinski definition) is 1. The number of hydrogen-bond acceptors (Lipinski definition) is 5. The Balaban J connectivity index is 1.32. The third kappa shape index (κ3) is 3.45. The molecule has 2 aromatic carbocycles. The van der Waals surface area contributed by atoms with Gasteiger partial charge in [0.2, 0.25) is 6.79 Å². The zero-order valence-electron chi connectivity index (χ0n) is 16.4. The summed E-state index contributed by atoms with van der Waals surface area (Å²) in [5.74, 6) is 1.23. The Hall–Kier alpha value is -3.87. The van der Waals surface area contributed by atoms with Crippen LogP contribution in [0.15, 0.2) is 67.0 Å². The molecule has 5 rings (SSSR count). The summed E-state index contributed by atoms with van der Waals surface area (Å²) in [6, 6.07) is 17.4. The molecule has 7 heteroatoms. The predicted molar refractivity (Wildman–Crippen MR) is 112 cm³/mol. The van der Waals surface area contributed by atoms with Crippen LogP contribution in [-0.4, -0.2) is 27.5 Å². The van der Waals surface area contributed by atoms with Gasteiger partial charge in [-0.05, 0) is 36.2 Å². The Morgan fingerprint density at radius 2 is 1.93 bits per heavy atom. The molecule has 0 aliphatic carbocycles. The summed E-state index contributed by atoms with van der Waals surface area (Å²) in [6.45, 7) is 2.78. The molecule has 7 nitrogen and oxygen atoms in total. The Morgan fingerprint density at radius 1 is 1.10 bits per heavy atom. The van der Waals surface area contributed by atoms with Gasteiger partial charge in [-0.15, -0.1) is 0 Å². The summed E-state index contributed by atoms with van der Waals surface area (Å²) in [7, 11) is 0. The molecule has 150 valence electrons. The maximum absolute atomic E-state index is 12.8. The van der Waals surface area contributed by atoms with Gasteiger partial charge in [-0.3, -0.25) is 4.79 Å². The maximum Gasteiger partial charge on any atom is 0.253 e. The van der Waals surface area contributed by atoms with Crippen molar-refractivity contribution < 1.29 is 14.3 Å². The molecule has 1 amide bonds. The smallest absolute Gasteiger partial charge is 0.253 e. The Morgan fingerprint density at radius 3 is 2.80 bits per heavy atom. The van der Waals surface area contributed by atoms with Gasteiger partial charge in [-0.1, -0.05) is 36.4 Å². The van der Waals surface area contributed by atoms with Crippen LogP contribution < -0.4 is 14.8 Å². The van der Waals surface area contributed by atoms with Gasteiger partial charge in [0.25, 0.3) is 5.91 Å². The van der Waals surface area contributed by atoms with Crippen LogP contribution in [0.5, 0.6) is 11.5 Å². The lowest BCUT2D eigenvalue weighted by atomic mass is 10.1. The molecule has 1 atom stereocenters. The van der Waals surface area contributed by atoms with E-state index in [4.69, 9.17) is 9.47 Å². The van der Waals surface area contributed by atoms with Gasteiger partial charge < -0.3 is 14.8 Å². The van der Waals surface area contributed by atoms with Gasteiger partial charge in [-0.2, -0.15) is 5.10 Å². The number of amides is 1. The number of benzene rings is 2. The normalized spacial score (nSPS) is 13.4. The van der Waals surface area contributed by atoms with E-state index in [0.29, 0.717) is 17.9 Å². The monoisotopic (exact) mass is 400 g/mol. The molecular formula is C23H20N4O3. The highest BCUT2D eigenvalue weighted by atomic mass is 16.7. The fourth-order valence-corrected chi connectivity index (χ4v) is 3.51. The van der Waals surface area contributed by atoms with E-state index in [-0.39, 0.29) is 18.7 Å². The molecular weight excluding hydrogens is 380 g/mol. The second kappa shape index (κ2) is 7.51. The average Bonchev–Trinajstić information content (AvgIpc) is 3.40. The highest BCUT2D eigenvalue weighted by Crippen LogP contribution is 2.34. The summed E-state index contributed by atoms with van der Waals surface area (Å²) in [5.41, 5.74) is 3.33. The minimum absolute atomic E-state index is 0.189. The Kier molecular flexibility index (Phi) is 4.55. The van der Waals surface area contributed by atoms with Gasteiger partial charge in [0.15, 0.2) is 17.1 Å². The number of rotatable bonds is 5. The molecule has 30 heavy (non-hydrogen) atoms. The van der Waals surface area contributed by atoms with Gasteiger partial charge in [0, 0.05) is 11.6 Å². The van der Waals surface area contributed by atoms with Crippen LogP contribution in [0.4, 0.5) is 0 Å². The number of carbonyl (C=O) groups excluding carboxylic acids is 1. The minimum atomic E-state index is -0.191. The van der Waals surface area contributed by atoms with Crippen molar-refractivity contribution in [2.75, 3.05) is 6.79 Å². The van der Waals surface area contributed by atoms with Gasteiger partial charge >= 0.3 is 0 Å². The number of aromatic nitrogens is 3. The lowest BCUT2D eigenvalue weighted by Gasteiger charge is -2.15. The molecule has 3 heterocycles. The summed E-state index contributed by atoms with van der Waals surface area (Å²) in [6.07, 6.45) is 3.33. The van der Waals surface area contributed by atoms with Crippen molar-refractivity contribution in [2.45, 2.75) is 19.5 Å². The largest absolute Gasteiger partial charge is 0.454 e. The lowest BCUT2D eigenvalue weighted by Crippen LogP contribution is -2.26. The van der Waals surface area contributed by atoms with Crippen LogP contribution >= 0.6 is 0 Å². The van der Waals surface area contributed by atoms with E-state index in [1.807, 2.05) is 66.2 Å². The van der Waals surface area contributed by atoms with E-state index in [9.17, 15) is 4.79 Å². The second-order valence-electron chi connectivity index (χ2n) is 7.23. The van der Waals surface area contributed by atoms with E-state index in [1.165, 1.54) is 0 Å². The highest BCUT2D eigenvalue weighted by Gasteiger charge is 2.18. The molecule has 2 aromatic heterocycles. The van der Waals surface area contributed by atoms with Crippen molar-refractivity contribution in [1.29, 1.82) is 0 Å². The fourth-order valence-electron chi connectivity index (χ4n) is 3.51. The zero-order valence-corrected chi connectivity index (χ0v) is 16.4. The SMILES string of the molecule is C[C@@H](NC(=O)c1cnc2c(cnn2Cc2ccccc2)c1)c1ccc2c(c1)OCO2. The Labute approximate surface area is 173 Å². The molecule has 0 saturated carbocycles. The van der Waals surface area contributed by atoms with Crippen molar-refractivity contribution >= 4 is 16.9 Å². The summed E-state index contributed by atoms with van der Waals surface area (Å²) in [5, 5.41) is 8.27. The van der Waals surface area contributed by atoms with Crippen LogP contribution in [0.25, 0.3) is 11.0 Å². The fraction of sp³-hybridized carbons (Fsp3) is 0.174. The van der Waals surface area contributed by atoms with E-state index in [1.54, 1.807) is 12.4 Å². The number of nitrogens with zero attached hydrogens (tertiary/aromatic N) is 3. The van der Waals surface area contributed by atoms with Crippen molar-refractivity contribution in [1.82, 2.24) is 20.1 Å². The molecule has 0 fully saturated rings. The molecule has 0 unspecified atom stereocenters. The topological polar surface area (TPSA) is 78.3 Å². The van der Waals surface area contributed by atoms with Gasteiger partial charge in [0.05, 0.1) is 24.3 Å². The number of carbonyl (C=O) groups is 1. The molecule has 1 aliphatic rings. The zero-order chi connectivity index (χ0) is 20.5. The van der Waals surface area contributed by atoms with E-state index >= 15 is 0 Å². The first-order valence-corrected chi connectivity index (χ1v) is 9.73. The molecule has 1 N–H and O–H groups in total. The third-order valence-corrected chi connectivity index (χ3v) is 5.16. The van der Waals surface area contributed by atoms with Crippen molar-refractivity contribution in [3.63, 3.8) is 0 Å². The van der Waals surface area contributed by atoms with Crippen molar-refractivity contribution in [2.24, 2.45) is 0 Å². The van der Waals surface area contributed by atoms with E-state index in [2.05, 4.69) is 15.4 Å². The second-order valence-corrected chi connectivity index (χ2v) is 7.23. The minimum Gasteiger partial charge on any atom is -0.454 e. The molecule has 0 bridgehead atoms. The van der Waals surface area contributed by atoms with Gasteiger partial charge in [0.1, 0.15) is 0 Å². The van der Waals surface area contributed by atoms with E-state index < -0.39 is 0 Å². The third-order valence-electron chi connectivity index (χ3n) is 5.16. The van der Waals surface area contributed by atoms with Crippen LogP contribution in [0.3, 0.4) is 0 Å². The number of ether oxygens (including phenoxy) is 2. The summed E-state index contributed by atoms with van der Waals surface area (Å²) >= 11 is 0. The number of nitrogens with one attached hydrogen (secondary N) is 1. The molecule has 1 aliphatic heterocycles. The number of fused-ring (bicyclic) bond motifs is 2. The average molecular weight is 400 g/mol. The van der Waals surface area contributed by atoms with Crippen molar-refractivity contribution in [3.8, 4) is 11.5 Å². The first-order valence-electron chi connectivity index (χ1n) is 9.73. The molecule has 4 aromatic rings. The first-order chi connectivity index (χ1) is 14.7. The highest BCUT2D eigenvalue weighted by molar-refractivity contribution is 5.97. The number of pyridine rings is 1. The summed E-state index contributed by atoms with van der Waals surface area (Å²) < 4.78 is 12.6. The molecule has 0 spiro atoms. The van der Waals surface area contributed by atoms with E-state index in [0.717, 1.165) is 27.9 Å². The molecule has 0 radical (unpaired) electrons. The quantitative estimate of drug-likeness (QED) is 0.553. The van der Waals surface area contributed by atoms with Gasteiger partial charge in [-0.25, -0.2) is 9.67 Å². The van der Waals surface area contributed by atoms with Crippen LogP contribution in [-0.2, 0) is 6.54 Å². The lowest BCUT2D eigenvalue weighted by molar-refractivity contribution is 0.0939. The van der Waals surface area contributed by atoms with Crippen LogP contribution in [0.2, 0.25) is 0 Å². The predicted octanol–water partition coefficient (Wildman–Crippen LogP) is 3.70. The Bertz CT molecular complexity index is 1220. The van der Waals surface area contributed by atoms with Crippen molar-refractivity contribution in [3.05, 3.63) is 83.7 Å². The maximum atomic E-state index is 12.8. The first kappa shape index (κ1) is 18.2. The van der Waals surface area contributed by atoms with Crippen LogP contribution in [0.1, 0.15) is 34.5 Å². The summed E-state index contributed by atoms with van der Waals surface area (Å²) in [4.78, 5) is 17.3.